The number of nitrogens with zero attached hydrogens (tertiary/aromatic N) is 5. The van der Waals surface area contributed by atoms with Crippen LogP contribution in [0.15, 0.2) is 29.2 Å². The van der Waals surface area contributed by atoms with Crippen molar-refractivity contribution < 1.29 is 35.8 Å². The van der Waals surface area contributed by atoms with Crippen LogP contribution in [0, 0.1) is 29.0 Å². The summed E-state index contributed by atoms with van der Waals surface area (Å²) in [4.78, 5) is 12.0. The number of benzene rings is 2. The zero-order chi connectivity index (χ0) is 35.4. The molecule has 1 unspecified atom stereocenters. The van der Waals surface area contributed by atoms with E-state index in [1.165, 1.54) is 12.1 Å². The number of anilines is 1. The number of terminal acetylenes is 1. The van der Waals surface area contributed by atoms with Gasteiger partial charge in [-0.25, -0.2) is 26.0 Å². The maximum absolute atomic E-state index is 17.5. The van der Waals surface area contributed by atoms with Gasteiger partial charge < -0.3 is 25.0 Å². The molecule has 0 radical (unpaired) electrons. The summed E-state index contributed by atoms with van der Waals surface area (Å²) in [5, 5.41) is 14.0. The summed E-state index contributed by atoms with van der Waals surface area (Å²) in [6.07, 6.45) is 7.99. The number of halogens is 4. The van der Waals surface area contributed by atoms with E-state index < -0.39 is 62.1 Å². The van der Waals surface area contributed by atoms with Gasteiger partial charge in [0.2, 0.25) is 0 Å². The smallest absolute Gasteiger partial charge is 0.319 e. The van der Waals surface area contributed by atoms with Gasteiger partial charge in [0.15, 0.2) is 16.5 Å². The number of fused-ring (bicyclic) bond motifs is 2. The normalized spacial score (nSPS) is 23.8. The molecule has 1 aromatic heterocycles. The largest absolute Gasteiger partial charge is 0.508 e. The second-order valence-electron chi connectivity index (χ2n) is 14.7. The van der Waals surface area contributed by atoms with Crippen molar-refractivity contribution in [1.82, 2.24) is 24.5 Å². The molecule has 2 saturated carbocycles. The molecule has 2 aromatic carbocycles. The van der Waals surface area contributed by atoms with E-state index in [-0.39, 0.29) is 51.2 Å². The first-order valence-corrected chi connectivity index (χ1v) is 18.0. The molecule has 4 heterocycles. The van der Waals surface area contributed by atoms with E-state index in [0.717, 1.165) is 44.6 Å². The Kier molecular flexibility index (Phi) is 7.39. The number of phenols is 1. The molecule has 1 spiro atoms. The Morgan fingerprint density at radius 2 is 1.82 bits per heavy atom. The highest BCUT2D eigenvalue weighted by Gasteiger charge is 2.65. The summed E-state index contributed by atoms with van der Waals surface area (Å²) in [5.74, 6) is -3.97. The molecule has 0 bridgehead atoms. The van der Waals surface area contributed by atoms with E-state index in [2.05, 4.69) is 21.2 Å². The van der Waals surface area contributed by atoms with Crippen LogP contribution in [0.2, 0.25) is 0 Å². The van der Waals surface area contributed by atoms with Gasteiger partial charge in [-0.3, -0.25) is 4.31 Å². The average molecular weight is 713 g/mol. The number of aromatic hydroxyl groups is 1. The van der Waals surface area contributed by atoms with Crippen LogP contribution in [0.25, 0.3) is 22.3 Å². The fraction of sp³-hybridized carbons (Fsp3) is 0.486. The predicted octanol–water partition coefficient (Wildman–Crippen LogP) is 4.57. The lowest BCUT2D eigenvalue weighted by molar-refractivity contribution is 0.0989. The average Bonchev–Trinajstić information content (AvgIpc) is 3.95. The number of hydrogen-bond acceptors (Lipinski definition) is 9. The Morgan fingerprint density at radius 3 is 2.40 bits per heavy atom. The summed E-state index contributed by atoms with van der Waals surface area (Å²) in [7, 11) is -1.12. The molecular formula is C35H36F4N6O4S. The van der Waals surface area contributed by atoms with Crippen LogP contribution in [0.1, 0.15) is 48.9 Å². The van der Waals surface area contributed by atoms with Gasteiger partial charge in [0.1, 0.15) is 23.3 Å². The van der Waals surface area contributed by atoms with Crippen molar-refractivity contribution in [3.8, 4) is 24.1 Å². The lowest BCUT2D eigenvalue weighted by atomic mass is 9.73. The van der Waals surface area contributed by atoms with E-state index in [0.29, 0.717) is 30.2 Å². The lowest BCUT2D eigenvalue weighted by Crippen LogP contribution is -2.58. The Hall–Kier alpha value is -4.13. The molecule has 264 valence electrons. The third-order valence-electron chi connectivity index (χ3n) is 10.7. The number of phenolic OH excluding ortho intramolecular Hbond substituents is 1. The number of nitrogens with one attached hydrogen (secondary N) is 1. The molecule has 10 nitrogen and oxygen atoms in total. The number of piperidine rings is 1. The molecular weight excluding hydrogens is 676 g/mol. The van der Waals surface area contributed by atoms with Gasteiger partial charge in [-0.2, -0.15) is 9.97 Å². The van der Waals surface area contributed by atoms with Crippen molar-refractivity contribution in [2.75, 3.05) is 58.3 Å². The van der Waals surface area contributed by atoms with Crippen LogP contribution in [-0.4, -0.2) is 98.1 Å². The monoisotopic (exact) mass is 712 g/mol. The second-order valence-corrected chi connectivity index (χ2v) is 16.5. The summed E-state index contributed by atoms with van der Waals surface area (Å²) in [5.41, 5.74) is -2.30. The third kappa shape index (κ3) is 5.25. The maximum atomic E-state index is 17.5. The van der Waals surface area contributed by atoms with Gasteiger partial charge in [0, 0.05) is 55.5 Å². The zero-order valence-corrected chi connectivity index (χ0v) is 28.4. The van der Waals surface area contributed by atoms with E-state index in [4.69, 9.17) is 11.2 Å². The standard InChI is InChI=1S/C35H36F4N6O4S/c1-4-22-24(36)6-5-20-13-21(46)14-23(26(20)22)29-27(37)28-30(50(47,48)45(29)25-15-35(25,38)39)31(44-11-9-33(10-12-44)16-40-17-33)42-32(41-28)49-19-34(7-8-34)18-43(2)3/h1,5-6,13-14,25,40,46H,7-12,15-19H2,2-3H3. The number of hydrogen-bond donors (Lipinski definition) is 2. The Labute approximate surface area is 287 Å². The summed E-state index contributed by atoms with van der Waals surface area (Å²) >= 11 is 0. The highest BCUT2D eigenvalue weighted by Crippen LogP contribution is 2.56. The van der Waals surface area contributed by atoms with Crippen molar-refractivity contribution in [2.45, 2.75) is 49.0 Å². The Morgan fingerprint density at radius 1 is 1.12 bits per heavy atom. The van der Waals surface area contributed by atoms with Crippen molar-refractivity contribution >= 4 is 38.1 Å². The van der Waals surface area contributed by atoms with Gasteiger partial charge in [-0.05, 0) is 68.8 Å². The van der Waals surface area contributed by atoms with E-state index in [9.17, 15) is 13.5 Å². The van der Waals surface area contributed by atoms with E-state index >= 15 is 17.6 Å². The topological polar surface area (TPSA) is 111 Å². The minimum absolute atomic E-state index is 0.0626. The van der Waals surface area contributed by atoms with E-state index in [1.807, 2.05) is 19.0 Å². The van der Waals surface area contributed by atoms with Gasteiger partial charge in [0.05, 0.1) is 17.9 Å². The zero-order valence-electron chi connectivity index (χ0n) is 27.6. The summed E-state index contributed by atoms with van der Waals surface area (Å²) in [6, 6.07) is 2.37. The molecule has 3 aliphatic heterocycles. The number of ether oxygens (including phenoxy) is 1. The molecule has 2 aliphatic carbocycles. The number of rotatable bonds is 8. The van der Waals surface area contributed by atoms with Crippen molar-refractivity contribution in [3.63, 3.8) is 0 Å². The molecule has 2 saturated heterocycles. The molecule has 0 amide bonds. The van der Waals surface area contributed by atoms with Gasteiger partial charge in [0.25, 0.3) is 15.9 Å². The Balaban J connectivity index is 1.36. The van der Waals surface area contributed by atoms with Crippen LogP contribution in [-0.2, 0) is 10.0 Å². The van der Waals surface area contributed by atoms with Crippen molar-refractivity contribution in [3.05, 3.63) is 46.9 Å². The molecule has 8 rings (SSSR count). The highest BCUT2D eigenvalue weighted by molar-refractivity contribution is 7.89. The minimum atomic E-state index is -5.01. The van der Waals surface area contributed by atoms with Gasteiger partial charge in [-0.15, -0.1) is 6.42 Å². The second kappa shape index (κ2) is 11.2. The molecule has 4 fully saturated rings. The first-order valence-electron chi connectivity index (χ1n) is 16.6. The van der Waals surface area contributed by atoms with Gasteiger partial charge in [-0.1, -0.05) is 12.0 Å². The number of sulfonamides is 1. The molecule has 3 aromatic rings. The number of aromatic nitrogens is 2. The molecule has 15 heteroatoms. The van der Waals surface area contributed by atoms with Crippen molar-refractivity contribution in [1.29, 1.82) is 0 Å². The molecule has 1 atom stereocenters. The maximum Gasteiger partial charge on any atom is 0.319 e. The van der Waals surface area contributed by atoms with E-state index in [1.54, 1.807) is 4.90 Å². The summed E-state index contributed by atoms with van der Waals surface area (Å²) in [6.45, 7) is 3.36. The van der Waals surface area contributed by atoms with Crippen LogP contribution in [0.4, 0.5) is 23.4 Å². The van der Waals surface area contributed by atoms with Crippen LogP contribution in [0.5, 0.6) is 11.8 Å². The van der Waals surface area contributed by atoms with Gasteiger partial charge >= 0.3 is 6.01 Å². The molecule has 50 heavy (non-hydrogen) atoms. The summed E-state index contributed by atoms with van der Waals surface area (Å²) < 4.78 is 98.7. The van der Waals surface area contributed by atoms with Crippen LogP contribution < -0.4 is 15.0 Å². The third-order valence-corrected chi connectivity index (χ3v) is 12.6. The van der Waals surface area contributed by atoms with Crippen LogP contribution >= 0.6 is 0 Å². The minimum Gasteiger partial charge on any atom is -0.508 e. The predicted molar refractivity (Wildman–Crippen MR) is 178 cm³/mol. The lowest BCUT2D eigenvalue weighted by Gasteiger charge is -2.49. The van der Waals surface area contributed by atoms with Crippen LogP contribution in [0.3, 0.4) is 0 Å². The quantitative estimate of drug-likeness (QED) is 0.257. The number of alkyl halides is 2. The molecule has 2 N–H and O–H groups in total. The first kappa shape index (κ1) is 33.0. The fourth-order valence-electron chi connectivity index (χ4n) is 7.72. The molecule has 5 aliphatic rings. The SMILES string of the molecule is C#Cc1c(F)ccc2cc(O)cc(C3=C(F)c4nc(OCC5(CN(C)C)CC5)nc(N5CCC6(CC5)CNC6)c4S(=O)(=O)N3C3CC3(F)F)c12. The fourth-order valence-corrected chi connectivity index (χ4v) is 9.68. The van der Waals surface area contributed by atoms with Crippen molar-refractivity contribution in [2.24, 2.45) is 10.8 Å². The first-order chi connectivity index (χ1) is 23.7. The highest BCUT2D eigenvalue weighted by atomic mass is 32.2. The Bertz CT molecular complexity index is 2120.